The first-order valence-electron chi connectivity index (χ1n) is 10.00. The van der Waals surface area contributed by atoms with Crippen molar-refractivity contribution in [2.75, 3.05) is 7.11 Å². The average Bonchev–Trinajstić information content (AvgIpc) is 2.63. The van der Waals surface area contributed by atoms with Crippen molar-refractivity contribution < 1.29 is 14.3 Å². The van der Waals surface area contributed by atoms with Crippen molar-refractivity contribution in [3.8, 4) is 5.75 Å². The van der Waals surface area contributed by atoms with Gasteiger partial charge in [-0.25, -0.2) is 0 Å². The number of rotatable bonds is 6. The lowest BCUT2D eigenvalue weighted by Gasteiger charge is -2.44. The molecule has 152 valence electrons. The van der Waals surface area contributed by atoms with Crippen LogP contribution in [0.1, 0.15) is 56.4 Å². The van der Waals surface area contributed by atoms with E-state index in [2.05, 4.69) is 51.0 Å². The Morgan fingerprint density at radius 2 is 1.89 bits per heavy atom. The molecule has 1 aliphatic rings. The van der Waals surface area contributed by atoms with Gasteiger partial charge >= 0.3 is 0 Å². The molecule has 0 atom stereocenters. The smallest absolute Gasteiger partial charge is 0.192 e. The molecule has 2 aromatic rings. The van der Waals surface area contributed by atoms with Gasteiger partial charge in [0, 0.05) is 6.20 Å². The summed E-state index contributed by atoms with van der Waals surface area (Å²) in [7, 11) is -0.143. The Hall–Kier alpha value is -1.69. The molecule has 1 aliphatic carbocycles. The molecule has 0 aliphatic heterocycles. The van der Waals surface area contributed by atoms with Crippen LogP contribution in [0.25, 0.3) is 0 Å². The average molecular weight is 400 g/mol. The summed E-state index contributed by atoms with van der Waals surface area (Å²) in [6.07, 6.45) is 3.22. The third kappa shape index (κ3) is 4.32. The molecular weight excluding hydrogens is 366 g/mol. The summed E-state index contributed by atoms with van der Waals surface area (Å²) in [4.78, 5) is 4.47. The lowest BCUT2D eigenvalue weighted by atomic mass is 9.65. The molecule has 0 bridgehead atoms. The van der Waals surface area contributed by atoms with E-state index < -0.39 is 13.9 Å². The van der Waals surface area contributed by atoms with Crippen LogP contribution in [0.3, 0.4) is 0 Å². The predicted octanol–water partition coefficient (Wildman–Crippen LogP) is 5.38. The van der Waals surface area contributed by atoms with Crippen LogP contribution in [0.5, 0.6) is 5.75 Å². The van der Waals surface area contributed by atoms with Gasteiger partial charge in [-0.1, -0.05) is 32.9 Å². The quantitative estimate of drug-likeness (QED) is 0.663. The molecule has 0 radical (unpaired) electrons. The summed E-state index contributed by atoms with van der Waals surface area (Å²) in [6.45, 7) is 11.7. The summed E-state index contributed by atoms with van der Waals surface area (Å²) in [6, 6.07) is 12.1. The van der Waals surface area contributed by atoms with Gasteiger partial charge in [-0.15, -0.1) is 0 Å². The number of hydrogen-bond acceptors (Lipinski definition) is 4. The normalized spacial score (nSPS) is 22.6. The van der Waals surface area contributed by atoms with Crippen LogP contribution in [0.2, 0.25) is 18.1 Å². The molecular formula is C23H33NO3Si. The van der Waals surface area contributed by atoms with Gasteiger partial charge in [0.1, 0.15) is 5.75 Å². The highest BCUT2D eigenvalue weighted by molar-refractivity contribution is 6.74. The lowest BCUT2D eigenvalue weighted by molar-refractivity contribution is -0.0552. The fourth-order valence-electron chi connectivity index (χ4n) is 3.44. The van der Waals surface area contributed by atoms with E-state index in [4.69, 9.17) is 9.16 Å². The molecule has 28 heavy (non-hydrogen) atoms. The van der Waals surface area contributed by atoms with Crippen LogP contribution < -0.4 is 4.74 Å². The van der Waals surface area contributed by atoms with Gasteiger partial charge < -0.3 is 14.3 Å². The molecule has 0 amide bonds. The van der Waals surface area contributed by atoms with E-state index in [9.17, 15) is 5.11 Å². The first kappa shape index (κ1) is 21.0. The first-order chi connectivity index (χ1) is 13.0. The Morgan fingerprint density at radius 1 is 1.18 bits per heavy atom. The van der Waals surface area contributed by atoms with Crippen LogP contribution in [-0.2, 0) is 16.6 Å². The van der Waals surface area contributed by atoms with Crippen molar-refractivity contribution >= 4 is 8.32 Å². The zero-order chi connectivity index (χ0) is 20.6. The fourth-order valence-corrected chi connectivity index (χ4v) is 4.38. The molecule has 1 aromatic carbocycles. The third-order valence-electron chi connectivity index (χ3n) is 6.47. The Bertz CT molecular complexity index is 823. The molecule has 4 nitrogen and oxygen atoms in total. The van der Waals surface area contributed by atoms with Gasteiger partial charge in [-0.3, -0.25) is 4.98 Å². The number of nitrogens with zero attached hydrogens (tertiary/aromatic N) is 1. The maximum atomic E-state index is 11.1. The summed E-state index contributed by atoms with van der Waals surface area (Å²) >= 11 is 0. The Morgan fingerprint density at radius 3 is 2.54 bits per heavy atom. The second-order valence-electron chi connectivity index (χ2n) is 9.50. The molecule has 1 N–H and O–H groups in total. The third-order valence-corrected chi connectivity index (χ3v) is 11.0. The summed E-state index contributed by atoms with van der Waals surface area (Å²) in [5.74, 6) is 1.21. The second kappa shape index (κ2) is 7.62. The van der Waals surface area contributed by atoms with Gasteiger partial charge in [0.05, 0.1) is 25.0 Å². The summed E-state index contributed by atoms with van der Waals surface area (Å²) in [5, 5.41) is 11.3. The topological polar surface area (TPSA) is 51.6 Å². The summed E-state index contributed by atoms with van der Waals surface area (Å²) in [5.41, 5.74) is 2.26. The van der Waals surface area contributed by atoms with Crippen LogP contribution in [0.4, 0.5) is 0 Å². The number of pyridine rings is 1. The van der Waals surface area contributed by atoms with E-state index in [1.807, 2.05) is 24.3 Å². The largest absolute Gasteiger partial charge is 0.497 e. The Labute approximate surface area is 170 Å². The van der Waals surface area contributed by atoms with Crippen LogP contribution in [0.15, 0.2) is 42.6 Å². The van der Waals surface area contributed by atoms with Crippen molar-refractivity contribution in [1.29, 1.82) is 0 Å². The summed E-state index contributed by atoms with van der Waals surface area (Å²) < 4.78 is 11.6. The second-order valence-corrected chi connectivity index (χ2v) is 14.3. The molecule has 1 saturated carbocycles. The van der Waals surface area contributed by atoms with E-state index >= 15 is 0 Å². The van der Waals surface area contributed by atoms with Gasteiger partial charge in [0.25, 0.3) is 0 Å². The van der Waals surface area contributed by atoms with Crippen LogP contribution in [-0.4, -0.2) is 25.5 Å². The van der Waals surface area contributed by atoms with Gasteiger partial charge in [-0.05, 0) is 72.3 Å². The SMILES string of the molecule is COc1cccc(C2CC(O)(c3ccnc(CO[Si](C)(C)C(C)(C)C)c3)C2)c1. The van der Waals surface area contributed by atoms with Crippen molar-refractivity contribution in [2.45, 2.75) is 69.9 Å². The van der Waals surface area contributed by atoms with Crippen LogP contribution in [0, 0.1) is 0 Å². The number of hydrogen-bond donors (Lipinski definition) is 1. The number of aromatic nitrogens is 1. The van der Waals surface area contributed by atoms with Gasteiger partial charge in [-0.2, -0.15) is 0 Å². The fraction of sp³-hybridized carbons (Fsp3) is 0.522. The van der Waals surface area contributed by atoms with E-state index in [0.717, 1.165) is 17.0 Å². The van der Waals surface area contributed by atoms with Crippen molar-refractivity contribution in [1.82, 2.24) is 4.98 Å². The van der Waals surface area contributed by atoms with Gasteiger partial charge in [0.15, 0.2) is 8.32 Å². The molecule has 3 rings (SSSR count). The molecule has 1 fully saturated rings. The molecule has 1 heterocycles. The highest BCUT2D eigenvalue weighted by Crippen LogP contribution is 2.51. The monoisotopic (exact) mass is 399 g/mol. The minimum absolute atomic E-state index is 0.167. The zero-order valence-corrected chi connectivity index (χ0v) is 19.0. The number of aliphatic hydroxyl groups is 1. The maximum Gasteiger partial charge on any atom is 0.192 e. The van der Waals surface area contributed by atoms with Crippen molar-refractivity contribution in [3.63, 3.8) is 0 Å². The molecule has 5 heteroatoms. The van der Waals surface area contributed by atoms with E-state index in [0.29, 0.717) is 25.4 Å². The highest BCUT2D eigenvalue weighted by atomic mass is 28.4. The lowest BCUT2D eigenvalue weighted by Crippen LogP contribution is -2.41. The molecule has 0 unspecified atom stereocenters. The predicted molar refractivity (Wildman–Crippen MR) is 115 cm³/mol. The molecule has 1 aromatic heterocycles. The highest BCUT2D eigenvalue weighted by Gasteiger charge is 2.45. The van der Waals surface area contributed by atoms with Crippen molar-refractivity contribution in [2.24, 2.45) is 0 Å². The van der Waals surface area contributed by atoms with Crippen molar-refractivity contribution in [3.05, 3.63) is 59.4 Å². The molecule has 0 saturated heterocycles. The van der Waals surface area contributed by atoms with E-state index in [1.54, 1.807) is 13.3 Å². The van der Waals surface area contributed by atoms with E-state index in [1.165, 1.54) is 5.56 Å². The minimum Gasteiger partial charge on any atom is -0.497 e. The Kier molecular flexibility index (Phi) is 5.72. The first-order valence-corrected chi connectivity index (χ1v) is 12.9. The Balaban J connectivity index is 1.67. The molecule has 0 spiro atoms. The number of methoxy groups -OCH3 is 1. The van der Waals surface area contributed by atoms with Gasteiger partial charge in [0.2, 0.25) is 0 Å². The number of ether oxygens (including phenoxy) is 1. The minimum atomic E-state index is -1.82. The van der Waals surface area contributed by atoms with E-state index in [-0.39, 0.29) is 5.04 Å². The maximum absolute atomic E-state index is 11.1. The standard InChI is InChI=1S/C23H33NO3Si/c1-22(2,3)28(5,6)27-16-20-13-19(10-11-24-20)23(25)14-18(15-23)17-8-7-9-21(12-17)26-4/h7-13,18,25H,14-16H2,1-6H3. The number of benzene rings is 1. The zero-order valence-electron chi connectivity index (χ0n) is 18.0. The van der Waals surface area contributed by atoms with Crippen LogP contribution >= 0.6 is 0 Å².